The van der Waals surface area contributed by atoms with Crippen molar-refractivity contribution in [3.63, 3.8) is 0 Å². The quantitative estimate of drug-likeness (QED) is 0.451. The highest BCUT2D eigenvalue weighted by atomic mass is 16.2. The number of amides is 3. The van der Waals surface area contributed by atoms with Crippen LogP contribution in [0.4, 0.5) is 4.79 Å². The predicted molar refractivity (Wildman–Crippen MR) is 68.3 cm³/mol. The summed E-state index contributed by atoms with van der Waals surface area (Å²) in [6.07, 6.45) is 6.68. The Morgan fingerprint density at radius 2 is 1.59 bits per heavy atom. The molecule has 0 unspecified atom stereocenters. The number of rotatable bonds is 8. The van der Waals surface area contributed by atoms with Gasteiger partial charge in [0.15, 0.2) is 0 Å². The van der Waals surface area contributed by atoms with Crippen molar-refractivity contribution in [3.8, 4) is 0 Å². The maximum atomic E-state index is 11.3. The summed E-state index contributed by atoms with van der Waals surface area (Å²) in [7, 11) is 0. The molecule has 3 N–H and O–H groups in total. The average molecular weight is 243 g/mol. The Labute approximate surface area is 104 Å². The molecule has 0 radical (unpaired) electrons. The number of nitrogens with one attached hydrogen (secondary N) is 3. The van der Waals surface area contributed by atoms with Gasteiger partial charge in [0.25, 0.3) is 0 Å². The van der Waals surface area contributed by atoms with Crippen LogP contribution in [0.15, 0.2) is 0 Å². The van der Waals surface area contributed by atoms with Crippen molar-refractivity contribution in [2.75, 3.05) is 6.54 Å². The molecule has 100 valence electrons. The zero-order chi connectivity index (χ0) is 12.9. The summed E-state index contributed by atoms with van der Waals surface area (Å²) in [5.41, 5.74) is 4.72. The molecule has 0 aliphatic rings. The summed E-state index contributed by atoms with van der Waals surface area (Å²) < 4.78 is 0. The number of hydrogen-bond acceptors (Lipinski definition) is 2. The Bertz CT molecular complexity index is 220. The minimum absolute atomic E-state index is 0.133. The summed E-state index contributed by atoms with van der Waals surface area (Å²) in [4.78, 5) is 22.4. The molecule has 0 aromatic rings. The van der Waals surface area contributed by atoms with E-state index in [0.717, 1.165) is 38.5 Å². The van der Waals surface area contributed by atoms with Crippen LogP contribution < -0.4 is 16.2 Å². The monoisotopic (exact) mass is 243 g/mol. The minimum atomic E-state index is -0.347. The van der Waals surface area contributed by atoms with E-state index in [1.165, 1.54) is 0 Å². The van der Waals surface area contributed by atoms with Gasteiger partial charge in [-0.05, 0) is 12.8 Å². The molecule has 0 aromatic carbocycles. The fourth-order valence-electron chi connectivity index (χ4n) is 1.32. The van der Waals surface area contributed by atoms with E-state index in [2.05, 4.69) is 30.0 Å². The van der Waals surface area contributed by atoms with Gasteiger partial charge in [-0.3, -0.25) is 10.2 Å². The van der Waals surface area contributed by atoms with Crippen molar-refractivity contribution in [2.24, 2.45) is 0 Å². The van der Waals surface area contributed by atoms with E-state index >= 15 is 0 Å². The van der Waals surface area contributed by atoms with Gasteiger partial charge in [-0.2, -0.15) is 0 Å². The molecule has 5 nitrogen and oxygen atoms in total. The Morgan fingerprint density at radius 3 is 2.24 bits per heavy atom. The molecule has 0 aromatic heterocycles. The van der Waals surface area contributed by atoms with Crippen molar-refractivity contribution in [3.05, 3.63) is 0 Å². The van der Waals surface area contributed by atoms with Crippen LogP contribution in [0.5, 0.6) is 0 Å². The number of urea groups is 1. The normalized spacial score (nSPS) is 9.76. The van der Waals surface area contributed by atoms with Gasteiger partial charge >= 0.3 is 6.03 Å². The lowest BCUT2D eigenvalue weighted by Crippen LogP contribution is -2.47. The Balaban J connectivity index is 3.39. The van der Waals surface area contributed by atoms with Crippen molar-refractivity contribution in [2.45, 2.75) is 58.8 Å². The van der Waals surface area contributed by atoms with Crippen LogP contribution in [0.25, 0.3) is 0 Å². The molecule has 0 heterocycles. The standard InChI is InChI=1S/C12H25N3O2/c1-3-5-7-8-9-11(16)14-15-12(17)13-10-6-4-2/h3-10H2,1-2H3,(H,14,16)(H2,13,15,17). The summed E-state index contributed by atoms with van der Waals surface area (Å²) in [5.74, 6) is -0.133. The first kappa shape index (κ1) is 15.7. The Morgan fingerprint density at radius 1 is 0.882 bits per heavy atom. The number of hydrogen-bond donors (Lipinski definition) is 3. The Kier molecular flexibility index (Phi) is 10.4. The third kappa shape index (κ3) is 11.0. The van der Waals surface area contributed by atoms with E-state index in [4.69, 9.17) is 0 Å². The van der Waals surface area contributed by atoms with Crippen LogP contribution in [0.3, 0.4) is 0 Å². The van der Waals surface area contributed by atoms with Crippen LogP contribution in [0.2, 0.25) is 0 Å². The third-order valence-electron chi connectivity index (χ3n) is 2.39. The molecule has 0 aliphatic carbocycles. The van der Waals surface area contributed by atoms with Crippen LogP contribution in [0, 0.1) is 0 Å². The Hall–Kier alpha value is -1.26. The van der Waals surface area contributed by atoms with E-state index in [1.54, 1.807) is 0 Å². The molecular formula is C12H25N3O2. The van der Waals surface area contributed by atoms with E-state index in [9.17, 15) is 9.59 Å². The highest BCUT2D eigenvalue weighted by Crippen LogP contribution is 2.01. The van der Waals surface area contributed by atoms with Crippen LogP contribution in [-0.4, -0.2) is 18.5 Å². The first-order valence-corrected chi connectivity index (χ1v) is 6.53. The largest absolute Gasteiger partial charge is 0.337 e. The van der Waals surface area contributed by atoms with Crippen LogP contribution >= 0.6 is 0 Å². The van der Waals surface area contributed by atoms with Crippen LogP contribution in [0.1, 0.15) is 58.8 Å². The zero-order valence-electron chi connectivity index (χ0n) is 11.0. The van der Waals surface area contributed by atoms with Gasteiger partial charge in [0, 0.05) is 13.0 Å². The first-order valence-electron chi connectivity index (χ1n) is 6.53. The molecule has 0 saturated heterocycles. The molecule has 5 heteroatoms. The van der Waals surface area contributed by atoms with Gasteiger partial charge in [-0.25, -0.2) is 10.2 Å². The lowest BCUT2D eigenvalue weighted by Gasteiger charge is -2.08. The van der Waals surface area contributed by atoms with Gasteiger partial charge in [-0.1, -0.05) is 39.5 Å². The molecule has 0 saturated carbocycles. The van der Waals surface area contributed by atoms with E-state index in [1.807, 2.05) is 0 Å². The highest BCUT2D eigenvalue weighted by molar-refractivity contribution is 5.80. The summed E-state index contributed by atoms with van der Waals surface area (Å²) >= 11 is 0. The predicted octanol–water partition coefficient (Wildman–Crippen LogP) is 2.09. The first-order chi connectivity index (χ1) is 8.20. The van der Waals surface area contributed by atoms with Crippen molar-refractivity contribution < 1.29 is 9.59 Å². The molecule has 0 bridgehead atoms. The fourth-order valence-corrected chi connectivity index (χ4v) is 1.32. The highest BCUT2D eigenvalue weighted by Gasteiger charge is 2.02. The summed E-state index contributed by atoms with van der Waals surface area (Å²) in [6.45, 7) is 4.81. The van der Waals surface area contributed by atoms with Gasteiger partial charge in [0.05, 0.1) is 0 Å². The second-order valence-corrected chi connectivity index (χ2v) is 4.09. The molecule has 0 atom stereocenters. The smallest absolute Gasteiger partial charge is 0.333 e. The molecule has 0 fully saturated rings. The minimum Gasteiger partial charge on any atom is -0.337 e. The van der Waals surface area contributed by atoms with E-state index < -0.39 is 0 Å². The summed E-state index contributed by atoms with van der Waals surface area (Å²) in [6, 6.07) is -0.347. The lowest BCUT2D eigenvalue weighted by atomic mass is 10.1. The SMILES string of the molecule is CCCCCCC(=O)NNC(=O)NCCCC. The van der Waals surface area contributed by atoms with Gasteiger partial charge in [0.2, 0.25) is 5.91 Å². The molecule has 3 amide bonds. The number of unbranched alkanes of at least 4 members (excludes halogenated alkanes) is 4. The van der Waals surface area contributed by atoms with E-state index in [-0.39, 0.29) is 11.9 Å². The van der Waals surface area contributed by atoms with Crippen LogP contribution in [-0.2, 0) is 4.79 Å². The fraction of sp³-hybridized carbons (Fsp3) is 0.833. The second kappa shape index (κ2) is 11.2. The molecule has 0 spiro atoms. The van der Waals surface area contributed by atoms with Gasteiger partial charge in [0.1, 0.15) is 0 Å². The van der Waals surface area contributed by atoms with Crippen molar-refractivity contribution in [1.29, 1.82) is 0 Å². The number of hydrazine groups is 1. The van der Waals surface area contributed by atoms with Crippen molar-refractivity contribution in [1.82, 2.24) is 16.2 Å². The summed E-state index contributed by atoms with van der Waals surface area (Å²) in [5, 5.41) is 2.65. The number of carbonyl (C=O) groups excluding carboxylic acids is 2. The maximum absolute atomic E-state index is 11.3. The second-order valence-electron chi connectivity index (χ2n) is 4.09. The maximum Gasteiger partial charge on any atom is 0.333 e. The van der Waals surface area contributed by atoms with Crippen molar-refractivity contribution >= 4 is 11.9 Å². The van der Waals surface area contributed by atoms with E-state index in [0.29, 0.717) is 13.0 Å². The number of carbonyl (C=O) groups is 2. The zero-order valence-corrected chi connectivity index (χ0v) is 11.0. The average Bonchev–Trinajstić information content (AvgIpc) is 2.32. The van der Waals surface area contributed by atoms with Gasteiger partial charge in [-0.15, -0.1) is 0 Å². The molecule has 17 heavy (non-hydrogen) atoms. The topological polar surface area (TPSA) is 70.2 Å². The van der Waals surface area contributed by atoms with Gasteiger partial charge < -0.3 is 5.32 Å². The third-order valence-corrected chi connectivity index (χ3v) is 2.39. The molecule has 0 aliphatic heterocycles. The molecule has 0 rings (SSSR count). The molecular weight excluding hydrogens is 218 g/mol. The lowest BCUT2D eigenvalue weighted by molar-refractivity contribution is -0.121.